The predicted molar refractivity (Wildman–Crippen MR) is 73.0 cm³/mol. The molecule has 0 radical (unpaired) electrons. The third-order valence-electron chi connectivity index (χ3n) is 3.28. The number of nitrogens with one attached hydrogen (secondary N) is 1. The molecule has 1 N–H and O–H groups in total. The van der Waals surface area contributed by atoms with Crippen LogP contribution in [-0.4, -0.2) is 39.6 Å². The van der Waals surface area contributed by atoms with E-state index in [-0.39, 0.29) is 11.4 Å². The van der Waals surface area contributed by atoms with E-state index in [1.54, 1.807) is 0 Å². The van der Waals surface area contributed by atoms with Crippen molar-refractivity contribution in [1.29, 1.82) is 0 Å². The van der Waals surface area contributed by atoms with Gasteiger partial charge in [-0.3, -0.25) is 4.79 Å². The van der Waals surface area contributed by atoms with Crippen molar-refractivity contribution in [2.24, 2.45) is 0 Å². The molecule has 0 aliphatic carbocycles. The van der Waals surface area contributed by atoms with Gasteiger partial charge in [0.2, 0.25) is 10.1 Å². The maximum atomic E-state index is 12.4. The lowest BCUT2D eigenvalue weighted by Crippen LogP contribution is -2.42. The highest BCUT2D eigenvalue weighted by atomic mass is 32.1. The zero-order valence-corrected chi connectivity index (χ0v) is 12.0. The van der Waals surface area contributed by atoms with Gasteiger partial charge in [0.15, 0.2) is 0 Å². The molecule has 100 valence electrons. The summed E-state index contributed by atoms with van der Waals surface area (Å²) in [6, 6.07) is 0. The number of hydrogen-bond acceptors (Lipinski definition) is 5. The highest BCUT2D eigenvalue weighted by Crippen LogP contribution is 2.30. The van der Waals surface area contributed by atoms with Gasteiger partial charge in [0.1, 0.15) is 0 Å². The molecular weight excluding hydrogens is 248 g/mol. The molecule has 0 saturated carbocycles. The lowest BCUT2D eigenvalue weighted by molar-refractivity contribution is 0.0650. The number of amides is 1. The normalized spacial score (nSPS) is 18.1. The Labute approximate surface area is 112 Å². The molecule has 0 spiro atoms. The first-order chi connectivity index (χ1) is 8.54. The van der Waals surface area contributed by atoms with Gasteiger partial charge in [0.25, 0.3) is 5.91 Å². The van der Waals surface area contributed by atoms with Gasteiger partial charge < -0.3 is 10.2 Å². The van der Waals surface area contributed by atoms with Crippen molar-refractivity contribution < 1.29 is 4.79 Å². The zero-order valence-electron chi connectivity index (χ0n) is 11.2. The van der Waals surface area contributed by atoms with Crippen molar-refractivity contribution in [2.45, 2.75) is 45.6 Å². The Morgan fingerprint density at radius 3 is 2.89 bits per heavy atom. The summed E-state index contributed by atoms with van der Waals surface area (Å²) in [6.45, 7) is 7.98. The van der Waals surface area contributed by atoms with Crippen LogP contribution >= 0.6 is 11.3 Å². The largest absolute Gasteiger partial charge is 0.360 e. The quantitative estimate of drug-likeness (QED) is 0.911. The average Bonchev–Trinajstić information content (AvgIpc) is 2.92. The minimum absolute atomic E-state index is 0.0135. The number of nitrogens with zero attached hydrogens (tertiary/aromatic N) is 3. The van der Waals surface area contributed by atoms with Gasteiger partial charge in [0.05, 0.1) is 0 Å². The predicted octanol–water partition coefficient (Wildman–Crippen LogP) is 2.37. The molecule has 1 aromatic rings. The second kappa shape index (κ2) is 5.22. The molecule has 5 nitrogen and oxygen atoms in total. The SMILES string of the molecule is CCCNc1nnc(C(=O)N2CCCC2(C)C)s1. The standard InChI is InChI=1S/C12H20N4OS/c1-4-7-13-11-15-14-9(18-11)10(17)16-8-5-6-12(16,2)3/h4-8H2,1-3H3,(H,13,15). The van der Waals surface area contributed by atoms with Crippen molar-refractivity contribution >= 4 is 22.4 Å². The van der Waals surface area contributed by atoms with Gasteiger partial charge in [-0.2, -0.15) is 0 Å². The molecule has 18 heavy (non-hydrogen) atoms. The number of likely N-dealkylation sites (tertiary alicyclic amines) is 1. The number of aromatic nitrogens is 2. The Bertz CT molecular complexity index is 429. The van der Waals surface area contributed by atoms with Crippen molar-refractivity contribution in [2.75, 3.05) is 18.4 Å². The van der Waals surface area contributed by atoms with E-state index in [2.05, 4.69) is 36.3 Å². The first-order valence-corrected chi connectivity index (χ1v) is 7.25. The maximum absolute atomic E-state index is 12.4. The van der Waals surface area contributed by atoms with Gasteiger partial charge in [0, 0.05) is 18.6 Å². The van der Waals surface area contributed by atoms with Crippen molar-refractivity contribution in [3.05, 3.63) is 5.01 Å². The molecule has 1 aliphatic heterocycles. The van der Waals surface area contributed by atoms with E-state index in [0.29, 0.717) is 5.01 Å². The molecule has 6 heteroatoms. The maximum Gasteiger partial charge on any atom is 0.285 e. The first kappa shape index (κ1) is 13.3. The van der Waals surface area contributed by atoms with Gasteiger partial charge >= 0.3 is 0 Å². The Hall–Kier alpha value is -1.17. The smallest absolute Gasteiger partial charge is 0.285 e. The zero-order chi connectivity index (χ0) is 13.2. The summed E-state index contributed by atoms with van der Waals surface area (Å²) < 4.78 is 0. The number of hydrogen-bond donors (Lipinski definition) is 1. The molecule has 1 saturated heterocycles. The number of rotatable bonds is 4. The Morgan fingerprint density at radius 1 is 1.50 bits per heavy atom. The second-order valence-corrected chi connectivity index (χ2v) is 6.19. The summed E-state index contributed by atoms with van der Waals surface area (Å²) >= 11 is 1.34. The molecule has 0 atom stereocenters. The summed E-state index contributed by atoms with van der Waals surface area (Å²) in [7, 11) is 0. The van der Waals surface area contributed by atoms with Gasteiger partial charge in [-0.05, 0) is 33.1 Å². The van der Waals surface area contributed by atoms with Crippen LogP contribution in [0.25, 0.3) is 0 Å². The molecular formula is C12H20N4OS. The molecule has 2 heterocycles. The second-order valence-electron chi connectivity index (χ2n) is 5.21. The van der Waals surface area contributed by atoms with Crippen molar-refractivity contribution in [3.8, 4) is 0 Å². The molecule has 1 aliphatic rings. The molecule has 0 bridgehead atoms. The fourth-order valence-electron chi connectivity index (χ4n) is 2.21. The number of carbonyl (C=O) groups excluding carboxylic acids is 1. The fourth-order valence-corrected chi connectivity index (χ4v) is 2.93. The Morgan fingerprint density at radius 2 is 2.28 bits per heavy atom. The highest BCUT2D eigenvalue weighted by molar-refractivity contribution is 7.17. The van der Waals surface area contributed by atoms with Crippen LogP contribution in [0.2, 0.25) is 0 Å². The Kier molecular flexibility index (Phi) is 3.85. The first-order valence-electron chi connectivity index (χ1n) is 6.44. The van der Waals surface area contributed by atoms with E-state index in [0.717, 1.165) is 37.5 Å². The van der Waals surface area contributed by atoms with Crippen LogP contribution in [0.15, 0.2) is 0 Å². The summed E-state index contributed by atoms with van der Waals surface area (Å²) in [5, 5.41) is 12.4. The van der Waals surface area contributed by atoms with E-state index in [1.807, 2.05) is 4.90 Å². The van der Waals surface area contributed by atoms with Crippen LogP contribution < -0.4 is 5.32 Å². The van der Waals surface area contributed by atoms with E-state index >= 15 is 0 Å². The third kappa shape index (κ3) is 2.63. The van der Waals surface area contributed by atoms with Gasteiger partial charge in [-0.1, -0.05) is 18.3 Å². The van der Waals surface area contributed by atoms with Crippen LogP contribution in [-0.2, 0) is 0 Å². The van der Waals surface area contributed by atoms with E-state index in [4.69, 9.17) is 0 Å². The molecule has 0 unspecified atom stereocenters. The van der Waals surface area contributed by atoms with Gasteiger partial charge in [-0.15, -0.1) is 10.2 Å². The topological polar surface area (TPSA) is 58.1 Å². The lowest BCUT2D eigenvalue weighted by Gasteiger charge is -2.30. The molecule has 1 fully saturated rings. The number of carbonyl (C=O) groups is 1. The minimum Gasteiger partial charge on any atom is -0.360 e. The lowest BCUT2D eigenvalue weighted by atomic mass is 10.0. The van der Waals surface area contributed by atoms with Crippen LogP contribution in [0.4, 0.5) is 5.13 Å². The molecule has 1 aromatic heterocycles. The minimum atomic E-state index is -0.0558. The van der Waals surface area contributed by atoms with E-state index in [9.17, 15) is 4.79 Å². The fraction of sp³-hybridized carbons (Fsp3) is 0.750. The monoisotopic (exact) mass is 268 g/mol. The van der Waals surface area contributed by atoms with Crippen molar-refractivity contribution in [3.63, 3.8) is 0 Å². The van der Waals surface area contributed by atoms with E-state index < -0.39 is 0 Å². The molecule has 1 amide bonds. The van der Waals surface area contributed by atoms with Crippen molar-refractivity contribution in [1.82, 2.24) is 15.1 Å². The summed E-state index contributed by atoms with van der Waals surface area (Å²) in [6.07, 6.45) is 3.15. The van der Waals surface area contributed by atoms with Crippen LogP contribution in [0.1, 0.15) is 49.8 Å². The summed E-state index contributed by atoms with van der Waals surface area (Å²) in [4.78, 5) is 14.3. The van der Waals surface area contributed by atoms with Crippen LogP contribution in [0.5, 0.6) is 0 Å². The van der Waals surface area contributed by atoms with E-state index in [1.165, 1.54) is 11.3 Å². The summed E-state index contributed by atoms with van der Waals surface area (Å²) in [5.74, 6) is 0.0135. The molecule has 0 aromatic carbocycles. The highest BCUT2D eigenvalue weighted by Gasteiger charge is 2.37. The average molecular weight is 268 g/mol. The van der Waals surface area contributed by atoms with Gasteiger partial charge in [-0.25, -0.2) is 0 Å². The third-order valence-corrected chi connectivity index (χ3v) is 4.15. The summed E-state index contributed by atoms with van der Waals surface area (Å²) in [5.41, 5.74) is -0.0558. The Balaban J connectivity index is 2.07. The van der Waals surface area contributed by atoms with Crippen LogP contribution in [0, 0.1) is 0 Å². The molecule has 2 rings (SSSR count). The van der Waals surface area contributed by atoms with Crippen LogP contribution in [0.3, 0.4) is 0 Å². The number of anilines is 1.